The lowest BCUT2D eigenvalue weighted by molar-refractivity contribution is 0.262. The first-order valence-corrected chi connectivity index (χ1v) is 9.52. The minimum absolute atomic E-state index is 0.0800. The third-order valence-corrected chi connectivity index (χ3v) is 5.93. The van der Waals surface area contributed by atoms with E-state index in [9.17, 15) is 22.0 Å². The number of sulfonamides is 1. The highest BCUT2D eigenvalue weighted by Crippen LogP contribution is 2.28. The van der Waals surface area contributed by atoms with Gasteiger partial charge < -0.3 is 10.6 Å². The monoisotopic (exact) mass is 381 g/mol. The molecule has 0 atom stereocenters. The lowest BCUT2D eigenvalue weighted by atomic mass is 10.2. The van der Waals surface area contributed by atoms with Crippen LogP contribution in [0.3, 0.4) is 0 Å². The normalized spacial score (nSPS) is 15.7. The predicted octanol–water partition coefficient (Wildman–Crippen LogP) is 3.46. The molecule has 2 N–H and O–H groups in total. The average molecular weight is 381 g/mol. The van der Waals surface area contributed by atoms with Gasteiger partial charge in [-0.05, 0) is 43.2 Å². The molecule has 1 saturated heterocycles. The summed E-state index contributed by atoms with van der Waals surface area (Å²) in [6.07, 6.45) is 0.534. The molecule has 6 nitrogen and oxygen atoms in total. The third kappa shape index (κ3) is 3.62. The number of benzene rings is 2. The molecule has 0 aliphatic carbocycles. The minimum atomic E-state index is -3.35. The number of hydrogen-bond donors (Lipinski definition) is 2. The van der Waals surface area contributed by atoms with Gasteiger partial charge in [-0.25, -0.2) is 22.0 Å². The molecule has 1 heterocycles. The number of hydrogen-bond acceptors (Lipinski definition) is 3. The Kier molecular flexibility index (Phi) is 4.82. The highest BCUT2D eigenvalue weighted by molar-refractivity contribution is 7.93. The topological polar surface area (TPSA) is 78.5 Å². The molecule has 0 aromatic heterocycles. The summed E-state index contributed by atoms with van der Waals surface area (Å²) in [6, 6.07) is 7.26. The number of rotatable bonds is 3. The molecular formula is C17H17F2N3O3S. The Morgan fingerprint density at radius 1 is 1.12 bits per heavy atom. The van der Waals surface area contributed by atoms with E-state index in [0.717, 1.165) is 12.1 Å². The van der Waals surface area contributed by atoms with Crippen LogP contribution >= 0.6 is 0 Å². The fraction of sp³-hybridized carbons (Fsp3) is 0.235. The lowest BCUT2D eigenvalue weighted by Crippen LogP contribution is -2.26. The average Bonchev–Trinajstić information content (AvgIpc) is 2.92. The van der Waals surface area contributed by atoms with E-state index in [0.29, 0.717) is 29.9 Å². The summed E-state index contributed by atoms with van der Waals surface area (Å²) in [6.45, 7) is 2.10. The van der Waals surface area contributed by atoms with Crippen molar-refractivity contribution in [1.29, 1.82) is 0 Å². The zero-order valence-electron chi connectivity index (χ0n) is 13.9. The molecule has 26 heavy (non-hydrogen) atoms. The van der Waals surface area contributed by atoms with Crippen molar-refractivity contribution in [3.8, 4) is 0 Å². The molecule has 0 bridgehead atoms. The lowest BCUT2D eigenvalue weighted by Gasteiger charge is -2.19. The molecule has 1 aliphatic heterocycles. The Morgan fingerprint density at radius 3 is 2.42 bits per heavy atom. The Balaban J connectivity index is 1.81. The number of urea groups is 1. The summed E-state index contributed by atoms with van der Waals surface area (Å²) in [4.78, 5) is 12.1. The van der Waals surface area contributed by atoms with Crippen LogP contribution in [-0.2, 0) is 10.0 Å². The number of carbonyl (C=O) groups is 1. The second-order valence-electron chi connectivity index (χ2n) is 5.92. The zero-order valence-corrected chi connectivity index (χ0v) is 14.7. The highest BCUT2D eigenvalue weighted by atomic mass is 32.2. The molecular weight excluding hydrogens is 364 g/mol. The first-order chi connectivity index (χ1) is 12.3. The van der Waals surface area contributed by atoms with Crippen molar-refractivity contribution in [2.45, 2.75) is 13.3 Å². The van der Waals surface area contributed by atoms with Crippen LogP contribution in [0.25, 0.3) is 0 Å². The van der Waals surface area contributed by atoms with Crippen molar-refractivity contribution < 1.29 is 22.0 Å². The van der Waals surface area contributed by atoms with Gasteiger partial charge >= 0.3 is 6.03 Å². The van der Waals surface area contributed by atoms with E-state index in [1.807, 2.05) is 0 Å². The van der Waals surface area contributed by atoms with Gasteiger partial charge in [-0.1, -0.05) is 12.1 Å². The number of anilines is 3. The van der Waals surface area contributed by atoms with Gasteiger partial charge in [0.15, 0.2) is 0 Å². The van der Waals surface area contributed by atoms with Crippen LogP contribution < -0.4 is 14.9 Å². The number of nitrogens with zero attached hydrogens (tertiary/aromatic N) is 1. The molecule has 1 fully saturated rings. The van der Waals surface area contributed by atoms with Crippen LogP contribution in [0, 0.1) is 18.6 Å². The van der Waals surface area contributed by atoms with E-state index in [4.69, 9.17) is 0 Å². The molecule has 2 amide bonds. The summed E-state index contributed by atoms with van der Waals surface area (Å²) >= 11 is 0. The van der Waals surface area contributed by atoms with Gasteiger partial charge in [-0.2, -0.15) is 0 Å². The number of amides is 2. The standard InChI is InChI=1S/C17H17F2N3O3S/c1-11-6-7-12(22-8-3-9-26(22,24)25)10-15(11)20-17(23)21-16-13(18)4-2-5-14(16)19/h2,4-7,10H,3,8-9H2,1H3,(H2,20,21,23). The SMILES string of the molecule is Cc1ccc(N2CCCS2(=O)=O)cc1NC(=O)Nc1c(F)cccc1F. The molecule has 0 saturated carbocycles. The number of aryl methyl sites for hydroxylation is 1. The van der Waals surface area contributed by atoms with E-state index >= 15 is 0 Å². The van der Waals surface area contributed by atoms with E-state index in [1.54, 1.807) is 19.1 Å². The number of nitrogens with one attached hydrogen (secondary N) is 2. The van der Waals surface area contributed by atoms with Gasteiger partial charge in [0.25, 0.3) is 0 Å². The maximum absolute atomic E-state index is 13.6. The van der Waals surface area contributed by atoms with Crippen LogP contribution in [0.4, 0.5) is 30.6 Å². The summed E-state index contributed by atoms with van der Waals surface area (Å²) in [5, 5.41) is 4.63. The maximum atomic E-state index is 13.6. The van der Waals surface area contributed by atoms with Crippen molar-refractivity contribution in [1.82, 2.24) is 0 Å². The Hall–Kier alpha value is -2.68. The van der Waals surface area contributed by atoms with Crippen molar-refractivity contribution in [2.75, 3.05) is 27.2 Å². The molecule has 9 heteroatoms. The Morgan fingerprint density at radius 2 is 1.81 bits per heavy atom. The fourth-order valence-electron chi connectivity index (χ4n) is 2.71. The molecule has 1 aliphatic rings. The molecule has 0 unspecified atom stereocenters. The van der Waals surface area contributed by atoms with Gasteiger partial charge in [-0.15, -0.1) is 0 Å². The summed E-state index contributed by atoms with van der Waals surface area (Å²) in [5.74, 6) is -1.71. The van der Waals surface area contributed by atoms with Crippen molar-refractivity contribution >= 4 is 33.1 Å². The van der Waals surface area contributed by atoms with Gasteiger partial charge in [0, 0.05) is 12.2 Å². The number of carbonyl (C=O) groups excluding carboxylic acids is 1. The summed E-state index contributed by atoms with van der Waals surface area (Å²) < 4.78 is 52.6. The molecule has 3 rings (SSSR count). The fourth-order valence-corrected chi connectivity index (χ4v) is 4.27. The van der Waals surface area contributed by atoms with Crippen molar-refractivity contribution in [3.63, 3.8) is 0 Å². The smallest absolute Gasteiger partial charge is 0.307 e. The number of para-hydroxylation sites is 1. The van der Waals surface area contributed by atoms with Crippen molar-refractivity contribution in [2.24, 2.45) is 0 Å². The molecule has 138 valence electrons. The largest absolute Gasteiger partial charge is 0.323 e. The van der Waals surface area contributed by atoms with Crippen LogP contribution in [0.1, 0.15) is 12.0 Å². The van der Waals surface area contributed by atoms with E-state index in [1.165, 1.54) is 16.4 Å². The third-order valence-electron chi connectivity index (χ3n) is 4.06. The van der Waals surface area contributed by atoms with E-state index in [2.05, 4.69) is 10.6 Å². The highest BCUT2D eigenvalue weighted by Gasteiger charge is 2.28. The second kappa shape index (κ2) is 6.91. The summed E-state index contributed by atoms with van der Waals surface area (Å²) in [7, 11) is -3.35. The Labute approximate surface area is 149 Å². The molecule has 2 aromatic carbocycles. The Bertz CT molecular complexity index is 943. The van der Waals surface area contributed by atoms with Crippen molar-refractivity contribution in [3.05, 3.63) is 53.6 Å². The summed E-state index contributed by atoms with van der Waals surface area (Å²) in [5.41, 5.74) is 0.898. The maximum Gasteiger partial charge on any atom is 0.323 e. The first-order valence-electron chi connectivity index (χ1n) is 7.91. The van der Waals surface area contributed by atoms with Crippen LogP contribution in [0.5, 0.6) is 0 Å². The van der Waals surface area contributed by atoms with E-state index < -0.39 is 33.4 Å². The van der Waals surface area contributed by atoms with E-state index in [-0.39, 0.29) is 5.75 Å². The molecule has 0 spiro atoms. The molecule has 2 aromatic rings. The minimum Gasteiger partial charge on any atom is -0.307 e. The predicted molar refractivity (Wildman–Crippen MR) is 95.9 cm³/mol. The molecule has 0 radical (unpaired) electrons. The van der Waals surface area contributed by atoms with Crippen LogP contribution in [-0.4, -0.2) is 26.7 Å². The second-order valence-corrected chi connectivity index (χ2v) is 7.93. The van der Waals surface area contributed by atoms with Crippen LogP contribution in [0.2, 0.25) is 0 Å². The quantitative estimate of drug-likeness (QED) is 0.855. The van der Waals surface area contributed by atoms with Gasteiger partial charge in [0.2, 0.25) is 10.0 Å². The van der Waals surface area contributed by atoms with Gasteiger partial charge in [0.05, 0.1) is 11.4 Å². The zero-order chi connectivity index (χ0) is 18.9. The van der Waals surface area contributed by atoms with Gasteiger partial charge in [0.1, 0.15) is 17.3 Å². The van der Waals surface area contributed by atoms with Gasteiger partial charge in [-0.3, -0.25) is 4.31 Å². The number of halogens is 2. The van der Waals surface area contributed by atoms with Crippen LogP contribution in [0.15, 0.2) is 36.4 Å². The first kappa shape index (κ1) is 18.1.